The molecular formula is C16H15NO2. The van der Waals surface area contributed by atoms with Crippen LogP contribution < -0.4 is 5.73 Å². The van der Waals surface area contributed by atoms with Crippen LogP contribution in [0.4, 0.5) is 0 Å². The fourth-order valence-electron chi connectivity index (χ4n) is 1.87. The molecule has 1 atom stereocenters. The molecule has 2 aromatic carbocycles. The molecule has 3 N–H and O–H groups in total. The van der Waals surface area contributed by atoms with E-state index in [1.165, 1.54) is 0 Å². The molecule has 0 fully saturated rings. The van der Waals surface area contributed by atoms with Crippen molar-refractivity contribution in [3.05, 3.63) is 77.9 Å². The average molecular weight is 253 g/mol. The Morgan fingerprint density at radius 2 is 1.68 bits per heavy atom. The van der Waals surface area contributed by atoms with Gasteiger partial charge >= 0.3 is 5.97 Å². The van der Waals surface area contributed by atoms with Crippen molar-refractivity contribution in [2.24, 2.45) is 5.73 Å². The van der Waals surface area contributed by atoms with E-state index in [4.69, 9.17) is 10.8 Å². The molecule has 0 unspecified atom stereocenters. The maximum atomic E-state index is 10.9. The first kappa shape index (κ1) is 13.1. The molecule has 96 valence electrons. The van der Waals surface area contributed by atoms with E-state index in [9.17, 15) is 4.79 Å². The fraction of sp³-hybridized carbons (Fsp3) is 0.0625. The number of nitrogens with two attached hydrogens (primary N) is 1. The molecule has 2 aromatic rings. The lowest BCUT2D eigenvalue weighted by atomic mass is 9.96. The number of hydrogen-bond acceptors (Lipinski definition) is 2. The van der Waals surface area contributed by atoms with Gasteiger partial charge in [-0.2, -0.15) is 0 Å². The van der Waals surface area contributed by atoms with E-state index in [0.717, 1.165) is 16.7 Å². The zero-order valence-corrected chi connectivity index (χ0v) is 10.4. The Morgan fingerprint density at radius 1 is 1.05 bits per heavy atom. The minimum absolute atomic E-state index is 0.571. The molecule has 19 heavy (non-hydrogen) atoms. The van der Waals surface area contributed by atoms with Crippen LogP contribution in [-0.4, -0.2) is 11.1 Å². The van der Waals surface area contributed by atoms with E-state index in [1.807, 2.05) is 36.4 Å². The maximum absolute atomic E-state index is 10.9. The Labute approximate surface area is 112 Å². The molecule has 0 saturated heterocycles. The van der Waals surface area contributed by atoms with Gasteiger partial charge in [-0.1, -0.05) is 55.1 Å². The maximum Gasteiger partial charge on any atom is 0.325 e. The van der Waals surface area contributed by atoms with Gasteiger partial charge in [-0.25, -0.2) is 0 Å². The largest absolute Gasteiger partial charge is 0.480 e. The summed E-state index contributed by atoms with van der Waals surface area (Å²) in [7, 11) is 0. The summed E-state index contributed by atoms with van der Waals surface area (Å²) < 4.78 is 0. The Bertz CT molecular complexity index is 605. The molecule has 0 aromatic heterocycles. The van der Waals surface area contributed by atoms with Crippen molar-refractivity contribution < 1.29 is 9.90 Å². The van der Waals surface area contributed by atoms with Crippen LogP contribution in [0.5, 0.6) is 0 Å². The van der Waals surface area contributed by atoms with Crippen LogP contribution in [0.25, 0.3) is 5.57 Å². The number of carboxylic acids is 1. The molecule has 0 radical (unpaired) electrons. The van der Waals surface area contributed by atoms with Crippen molar-refractivity contribution in [3.8, 4) is 0 Å². The van der Waals surface area contributed by atoms with Gasteiger partial charge < -0.3 is 10.8 Å². The van der Waals surface area contributed by atoms with Crippen molar-refractivity contribution in [1.29, 1.82) is 0 Å². The van der Waals surface area contributed by atoms with Gasteiger partial charge in [0.2, 0.25) is 0 Å². The van der Waals surface area contributed by atoms with Crippen molar-refractivity contribution in [3.63, 3.8) is 0 Å². The van der Waals surface area contributed by atoms with E-state index in [0.29, 0.717) is 5.56 Å². The van der Waals surface area contributed by atoms with E-state index < -0.39 is 12.0 Å². The quantitative estimate of drug-likeness (QED) is 0.880. The molecule has 0 aliphatic rings. The van der Waals surface area contributed by atoms with E-state index in [2.05, 4.69) is 6.58 Å². The zero-order chi connectivity index (χ0) is 13.8. The molecule has 0 bridgehead atoms. The van der Waals surface area contributed by atoms with Gasteiger partial charge in [0.15, 0.2) is 0 Å². The third kappa shape index (κ3) is 2.89. The first-order valence-corrected chi connectivity index (χ1v) is 5.92. The predicted molar refractivity (Wildman–Crippen MR) is 75.6 cm³/mol. The van der Waals surface area contributed by atoms with Crippen LogP contribution in [0.2, 0.25) is 0 Å². The summed E-state index contributed by atoms with van der Waals surface area (Å²) in [6, 6.07) is 15.9. The zero-order valence-electron chi connectivity index (χ0n) is 10.4. The van der Waals surface area contributed by atoms with Gasteiger partial charge in [-0.05, 0) is 28.3 Å². The summed E-state index contributed by atoms with van der Waals surface area (Å²) in [5.74, 6) is -1.04. The predicted octanol–water partition coefficient (Wildman–Crippen LogP) is 2.83. The summed E-state index contributed by atoms with van der Waals surface area (Å²) >= 11 is 0. The lowest BCUT2D eigenvalue weighted by Gasteiger charge is -2.11. The number of carboxylic acid groups (broad SMARTS) is 1. The highest BCUT2D eigenvalue weighted by Crippen LogP contribution is 2.23. The highest BCUT2D eigenvalue weighted by atomic mass is 16.4. The Hall–Kier alpha value is -2.39. The minimum atomic E-state index is -1.04. The topological polar surface area (TPSA) is 63.3 Å². The van der Waals surface area contributed by atoms with Crippen LogP contribution in [0.1, 0.15) is 22.7 Å². The summed E-state index contributed by atoms with van der Waals surface area (Å²) in [5.41, 5.74) is 8.91. The number of benzene rings is 2. The smallest absolute Gasteiger partial charge is 0.325 e. The van der Waals surface area contributed by atoms with Gasteiger partial charge in [0.1, 0.15) is 6.04 Å². The van der Waals surface area contributed by atoms with Gasteiger partial charge in [-0.15, -0.1) is 0 Å². The monoisotopic (exact) mass is 253 g/mol. The number of aliphatic carboxylic acids is 1. The second-order valence-corrected chi connectivity index (χ2v) is 4.29. The average Bonchev–Trinajstić information content (AvgIpc) is 2.46. The normalized spacial score (nSPS) is 11.8. The van der Waals surface area contributed by atoms with Crippen LogP contribution in [0, 0.1) is 0 Å². The van der Waals surface area contributed by atoms with Crippen LogP contribution >= 0.6 is 0 Å². The number of rotatable bonds is 4. The second-order valence-electron chi connectivity index (χ2n) is 4.29. The van der Waals surface area contributed by atoms with E-state index >= 15 is 0 Å². The van der Waals surface area contributed by atoms with E-state index in [1.54, 1.807) is 18.2 Å². The Kier molecular flexibility index (Phi) is 3.78. The molecule has 0 amide bonds. The van der Waals surface area contributed by atoms with Crippen LogP contribution in [-0.2, 0) is 4.79 Å². The Balaban J connectivity index is 2.34. The molecule has 0 aliphatic heterocycles. The fourth-order valence-corrected chi connectivity index (χ4v) is 1.87. The number of carbonyl (C=O) groups is 1. The second kappa shape index (κ2) is 5.50. The SMILES string of the molecule is C=C(c1ccccc1)c1cccc([C@@H](N)C(=O)O)c1. The lowest BCUT2D eigenvalue weighted by molar-refractivity contribution is -0.138. The van der Waals surface area contributed by atoms with Gasteiger partial charge in [0.25, 0.3) is 0 Å². The van der Waals surface area contributed by atoms with Gasteiger partial charge in [-0.3, -0.25) is 4.79 Å². The summed E-state index contributed by atoms with van der Waals surface area (Å²) in [6.45, 7) is 4.05. The standard InChI is InChI=1S/C16H15NO2/c1-11(12-6-3-2-4-7-12)13-8-5-9-14(10-13)15(17)16(18)19/h2-10,15H,1,17H2,(H,18,19)/t15-/m1/s1. The first-order valence-electron chi connectivity index (χ1n) is 5.92. The molecular weight excluding hydrogens is 238 g/mol. The molecule has 3 heteroatoms. The molecule has 2 rings (SSSR count). The Morgan fingerprint density at radius 3 is 2.32 bits per heavy atom. The van der Waals surface area contributed by atoms with Gasteiger partial charge in [0, 0.05) is 0 Å². The molecule has 0 heterocycles. The van der Waals surface area contributed by atoms with Crippen molar-refractivity contribution in [1.82, 2.24) is 0 Å². The van der Waals surface area contributed by atoms with Crippen molar-refractivity contribution in [2.75, 3.05) is 0 Å². The van der Waals surface area contributed by atoms with Crippen molar-refractivity contribution in [2.45, 2.75) is 6.04 Å². The minimum Gasteiger partial charge on any atom is -0.480 e. The van der Waals surface area contributed by atoms with Crippen molar-refractivity contribution >= 4 is 11.5 Å². The molecule has 3 nitrogen and oxygen atoms in total. The highest BCUT2D eigenvalue weighted by molar-refractivity contribution is 5.80. The van der Waals surface area contributed by atoms with E-state index in [-0.39, 0.29) is 0 Å². The third-order valence-electron chi connectivity index (χ3n) is 2.98. The molecule has 0 saturated carbocycles. The molecule has 0 aliphatic carbocycles. The highest BCUT2D eigenvalue weighted by Gasteiger charge is 2.14. The van der Waals surface area contributed by atoms with Crippen LogP contribution in [0.3, 0.4) is 0 Å². The lowest BCUT2D eigenvalue weighted by Crippen LogP contribution is -2.20. The van der Waals surface area contributed by atoms with Gasteiger partial charge in [0.05, 0.1) is 0 Å². The third-order valence-corrected chi connectivity index (χ3v) is 2.98. The molecule has 0 spiro atoms. The van der Waals surface area contributed by atoms with Crippen LogP contribution in [0.15, 0.2) is 61.2 Å². The summed E-state index contributed by atoms with van der Waals surface area (Å²) in [6.07, 6.45) is 0. The first-order chi connectivity index (χ1) is 9.09. The number of hydrogen-bond donors (Lipinski definition) is 2. The summed E-state index contributed by atoms with van der Waals surface area (Å²) in [4.78, 5) is 10.9. The summed E-state index contributed by atoms with van der Waals surface area (Å²) in [5, 5.41) is 8.93.